The Labute approximate surface area is 184 Å². The first-order valence-corrected chi connectivity index (χ1v) is 10.4. The molecule has 1 atom stereocenters. The van der Waals surface area contributed by atoms with Crippen LogP contribution in [0.1, 0.15) is 46.2 Å². The van der Waals surface area contributed by atoms with Gasteiger partial charge in [0, 0.05) is 37.3 Å². The van der Waals surface area contributed by atoms with Gasteiger partial charge >= 0.3 is 0 Å². The molecular weight excluding hydrogens is 420 g/mol. The third kappa shape index (κ3) is 3.73. The number of halogens is 1. The molecule has 0 radical (unpaired) electrons. The summed E-state index contributed by atoms with van der Waals surface area (Å²) in [7, 11) is 0. The Morgan fingerprint density at radius 3 is 2.90 bits per heavy atom. The number of hydrogen-bond acceptors (Lipinski definition) is 5. The van der Waals surface area contributed by atoms with E-state index in [1.807, 2.05) is 6.92 Å². The minimum Gasteiger partial charge on any atom is -0.502 e. The number of carbonyl (C=O) groups excluding carboxylic acids is 2. The smallest absolute Gasteiger partial charge is 0.278 e. The monoisotopic (exact) mass is 440 g/mol. The zero-order chi connectivity index (χ0) is 22.1. The molecule has 0 saturated heterocycles. The third-order valence-corrected chi connectivity index (χ3v) is 5.56. The molecule has 3 heterocycles. The summed E-state index contributed by atoms with van der Waals surface area (Å²) in [5.74, 6) is 4.24. The lowest BCUT2D eigenvalue weighted by molar-refractivity contribution is 0.0641. The van der Waals surface area contributed by atoms with Crippen LogP contribution in [0.3, 0.4) is 0 Å². The Morgan fingerprint density at radius 1 is 1.35 bits per heavy atom. The Morgan fingerprint density at radius 2 is 2.16 bits per heavy atom. The molecule has 1 aromatic heterocycles. The number of aromatic hydroxyl groups is 1. The van der Waals surface area contributed by atoms with Crippen LogP contribution in [0.2, 0.25) is 5.02 Å². The summed E-state index contributed by atoms with van der Waals surface area (Å²) in [4.78, 5) is 40.1. The van der Waals surface area contributed by atoms with Gasteiger partial charge in [-0.2, -0.15) is 0 Å². The van der Waals surface area contributed by atoms with Gasteiger partial charge in [0.25, 0.3) is 11.8 Å². The lowest BCUT2D eigenvalue weighted by Crippen LogP contribution is -2.61. The van der Waals surface area contributed by atoms with Gasteiger partial charge in [-0.15, -0.1) is 0 Å². The van der Waals surface area contributed by atoms with Gasteiger partial charge in [0.2, 0.25) is 5.43 Å². The van der Waals surface area contributed by atoms with E-state index >= 15 is 0 Å². The molecule has 1 aromatic carbocycles. The summed E-state index contributed by atoms with van der Waals surface area (Å²) in [6, 6.07) is 6.98. The minimum absolute atomic E-state index is 0.154. The minimum atomic E-state index is -0.890. The molecule has 2 aliphatic heterocycles. The number of benzene rings is 1. The van der Waals surface area contributed by atoms with Crippen LogP contribution in [0.25, 0.3) is 0 Å². The largest absolute Gasteiger partial charge is 0.502 e. The maximum absolute atomic E-state index is 13.0. The van der Waals surface area contributed by atoms with E-state index in [0.29, 0.717) is 24.5 Å². The average molecular weight is 441 g/mol. The van der Waals surface area contributed by atoms with Crippen LogP contribution >= 0.6 is 11.6 Å². The van der Waals surface area contributed by atoms with Gasteiger partial charge in [-0.05, 0) is 31.0 Å². The van der Waals surface area contributed by atoms with Crippen LogP contribution in [0.4, 0.5) is 0 Å². The highest BCUT2D eigenvalue weighted by molar-refractivity contribution is 6.30. The zero-order valence-corrected chi connectivity index (χ0v) is 17.6. The van der Waals surface area contributed by atoms with Crippen LogP contribution < -0.4 is 15.8 Å². The van der Waals surface area contributed by atoms with Gasteiger partial charge in [0.1, 0.15) is 5.56 Å². The fraction of sp³-hybridized carbons (Fsp3) is 0.318. The summed E-state index contributed by atoms with van der Waals surface area (Å²) in [5.41, 5.74) is -0.534. The first kappa shape index (κ1) is 20.8. The number of nitrogens with zero attached hydrogens (tertiary/aromatic N) is 3. The summed E-state index contributed by atoms with van der Waals surface area (Å²) >= 11 is 5.97. The highest BCUT2D eigenvalue weighted by Crippen LogP contribution is 2.25. The van der Waals surface area contributed by atoms with E-state index in [1.165, 1.54) is 15.8 Å². The normalized spacial score (nSPS) is 17.2. The van der Waals surface area contributed by atoms with E-state index in [0.717, 1.165) is 12.0 Å². The fourth-order valence-corrected chi connectivity index (χ4v) is 4.01. The van der Waals surface area contributed by atoms with E-state index in [2.05, 4.69) is 17.2 Å². The first-order valence-electron chi connectivity index (χ1n) is 10.00. The molecule has 8 nitrogen and oxygen atoms in total. The molecule has 2 aliphatic rings. The molecule has 2 N–H and O–H groups in total. The van der Waals surface area contributed by atoms with Crippen molar-refractivity contribution in [1.29, 1.82) is 0 Å². The first-order chi connectivity index (χ1) is 14.9. The predicted molar refractivity (Wildman–Crippen MR) is 116 cm³/mol. The number of aromatic nitrogens is 1. The van der Waals surface area contributed by atoms with Crippen molar-refractivity contribution in [3.63, 3.8) is 0 Å². The molecule has 31 heavy (non-hydrogen) atoms. The number of nitrogens with one attached hydrogen (secondary N) is 1. The van der Waals surface area contributed by atoms with Crippen LogP contribution in [-0.4, -0.2) is 45.8 Å². The Balaban J connectivity index is 1.72. The van der Waals surface area contributed by atoms with Crippen molar-refractivity contribution in [3.8, 4) is 17.6 Å². The number of amides is 2. The maximum atomic E-state index is 13.0. The molecule has 0 bridgehead atoms. The Hall–Kier alpha value is -3.44. The van der Waals surface area contributed by atoms with Crippen molar-refractivity contribution < 1.29 is 14.7 Å². The second kappa shape index (κ2) is 8.36. The molecule has 2 aromatic rings. The second-order valence-corrected chi connectivity index (χ2v) is 7.72. The van der Waals surface area contributed by atoms with E-state index in [1.54, 1.807) is 29.3 Å². The molecule has 0 unspecified atom stereocenters. The van der Waals surface area contributed by atoms with E-state index in [9.17, 15) is 19.5 Å². The summed E-state index contributed by atoms with van der Waals surface area (Å²) in [6.07, 6.45) is 2.21. The van der Waals surface area contributed by atoms with Gasteiger partial charge in [0.05, 0.1) is 0 Å². The van der Waals surface area contributed by atoms with Crippen LogP contribution in [0.15, 0.2) is 35.3 Å². The number of pyridine rings is 1. The van der Waals surface area contributed by atoms with Crippen molar-refractivity contribution >= 4 is 23.4 Å². The van der Waals surface area contributed by atoms with Crippen molar-refractivity contribution in [2.24, 2.45) is 0 Å². The maximum Gasteiger partial charge on any atom is 0.278 e. The van der Waals surface area contributed by atoms with Crippen LogP contribution in [0, 0.1) is 11.8 Å². The molecule has 0 fully saturated rings. The lowest BCUT2D eigenvalue weighted by Gasteiger charge is -2.43. The molecule has 4 rings (SSSR count). The fourth-order valence-electron chi connectivity index (χ4n) is 3.79. The molecule has 9 heteroatoms. The zero-order valence-electron chi connectivity index (χ0n) is 16.9. The van der Waals surface area contributed by atoms with Crippen molar-refractivity contribution in [2.75, 3.05) is 18.1 Å². The van der Waals surface area contributed by atoms with Gasteiger partial charge in [-0.25, -0.2) is 0 Å². The molecule has 0 spiro atoms. The third-order valence-electron chi connectivity index (χ3n) is 5.33. The molecule has 0 aliphatic carbocycles. The van der Waals surface area contributed by atoms with Crippen LogP contribution in [-0.2, 0) is 6.54 Å². The molecule has 2 amide bonds. The number of hydrogen-bond donors (Lipinski definition) is 2. The Bertz CT molecular complexity index is 1180. The summed E-state index contributed by atoms with van der Waals surface area (Å²) in [6.45, 7) is 2.87. The summed E-state index contributed by atoms with van der Waals surface area (Å²) in [5, 5.41) is 15.6. The van der Waals surface area contributed by atoms with Crippen molar-refractivity contribution in [3.05, 3.63) is 62.5 Å². The predicted octanol–water partition coefficient (Wildman–Crippen LogP) is 1.67. The van der Waals surface area contributed by atoms with Crippen LogP contribution in [0.5, 0.6) is 5.75 Å². The standard InChI is InChI=1S/C22H21ClN4O4/c1-2-25-17-9-4-3-5-10-26(17)27-13-16(19(28)20(29)18(27)22(25)31)21(30)24-12-14-7-6-8-15(23)11-14/h6-8,11,13,17,29H,2-3,5,10,12H2,1H3,(H,24,30)/t17-/m0/s1. The second-order valence-electron chi connectivity index (χ2n) is 7.28. The summed E-state index contributed by atoms with van der Waals surface area (Å²) < 4.78 is 1.41. The van der Waals surface area contributed by atoms with E-state index in [-0.39, 0.29) is 17.8 Å². The van der Waals surface area contributed by atoms with E-state index in [4.69, 9.17) is 11.6 Å². The quantitative estimate of drug-likeness (QED) is 0.705. The highest BCUT2D eigenvalue weighted by Gasteiger charge is 2.39. The van der Waals surface area contributed by atoms with Crippen molar-refractivity contribution in [1.82, 2.24) is 14.9 Å². The molecule has 160 valence electrons. The SMILES string of the molecule is CCN1C(=O)c2c(O)c(=O)c(C(=O)NCc3cccc(Cl)c3)cn2N2CCCC#C[C@@H]12. The lowest BCUT2D eigenvalue weighted by atomic mass is 10.1. The van der Waals surface area contributed by atoms with Crippen molar-refractivity contribution in [2.45, 2.75) is 32.5 Å². The highest BCUT2D eigenvalue weighted by atomic mass is 35.5. The topological polar surface area (TPSA) is 94.9 Å². The van der Waals surface area contributed by atoms with E-state index < -0.39 is 29.2 Å². The average Bonchev–Trinajstić information content (AvgIpc) is 3.00. The number of fused-ring (bicyclic) bond motifs is 3. The van der Waals surface area contributed by atoms with Gasteiger partial charge in [-0.3, -0.25) is 24.1 Å². The number of carbonyl (C=O) groups is 2. The van der Waals surface area contributed by atoms with Gasteiger partial charge in [-0.1, -0.05) is 35.6 Å². The van der Waals surface area contributed by atoms with Gasteiger partial charge < -0.3 is 15.3 Å². The molecule has 0 saturated carbocycles. The number of rotatable bonds is 4. The molecular formula is C22H21ClN4O4. The van der Waals surface area contributed by atoms with Gasteiger partial charge in [0.15, 0.2) is 17.6 Å². The Kier molecular flexibility index (Phi) is 5.61.